The summed E-state index contributed by atoms with van der Waals surface area (Å²) < 4.78 is 27.5. The third-order valence-electron chi connectivity index (χ3n) is 7.29. The van der Waals surface area contributed by atoms with Crippen molar-refractivity contribution in [3.8, 4) is 0 Å². The van der Waals surface area contributed by atoms with Gasteiger partial charge in [-0.25, -0.2) is 8.78 Å². The minimum atomic E-state index is -0.536. The van der Waals surface area contributed by atoms with Crippen LogP contribution in [0, 0.1) is 17.6 Å². The van der Waals surface area contributed by atoms with E-state index < -0.39 is 11.6 Å². The highest BCUT2D eigenvalue weighted by Gasteiger charge is 2.28. The number of aryl methyl sites for hydroxylation is 1. The summed E-state index contributed by atoms with van der Waals surface area (Å²) >= 11 is 0. The minimum absolute atomic E-state index is 0.114. The predicted octanol–water partition coefficient (Wildman–Crippen LogP) is 6.81. The lowest BCUT2D eigenvalue weighted by atomic mass is 9.83. The Bertz CT molecular complexity index is 1110. The molecule has 3 rings (SSSR count). The number of allylic oxidation sites excluding steroid dienone is 6. The molecule has 2 atom stereocenters. The average molecular weight is 509 g/mol. The first-order valence-corrected chi connectivity index (χ1v) is 13.5. The number of nitrogens with one attached hydrogen (secondary N) is 1. The smallest absolute Gasteiger partial charge is 0.126 e. The fraction of sp³-hybridized carbons (Fsp3) is 0.484. The Morgan fingerprint density at radius 2 is 1.97 bits per heavy atom. The van der Waals surface area contributed by atoms with Gasteiger partial charge in [0.25, 0.3) is 0 Å². The van der Waals surface area contributed by atoms with Crippen molar-refractivity contribution in [1.82, 2.24) is 10.2 Å². The van der Waals surface area contributed by atoms with Crippen molar-refractivity contribution in [3.63, 3.8) is 0 Å². The van der Waals surface area contributed by atoms with Gasteiger partial charge in [0, 0.05) is 73.0 Å². The summed E-state index contributed by atoms with van der Waals surface area (Å²) in [6, 6.07) is 4.10. The van der Waals surface area contributed by atoms with Crippen molar-refractivity contribution in [3.05, 3.63) is 82.7 Å². The molecule has 0 saturated carbocycles. The van der Waals surface area contributed by atoms with Gasteiger partial charge in [0.1, 0.15) is 11.6 Å². The van der Waals surface area contributed by atoms with Crippen LogP contribution in [0.1, 0.15) is 59.4 Å². The van der Waals surface area contributed by atoms with E-state index in [0.717, 1.165) is 66.7 Å². The zero-order valence-corrected chi connectivity index (χ0v) is 23.1. The van der Waals surface area contributed by atoms with E-state index in [1.165, 1.54) is 17.8 Å². The van der Waals surface area contributed by atoms with Gasteiger partial charge in [0.2, 0.25) is 0 Å². The van der Waals surface area contributed by atoms with Gasteiger partial charge >= 0.3 is 0 Å². The molecule has 0 amide bonds. The van der Waals surface area contributed by atoms with E-state index in [2.05, 4.69) is 56.6 Å². The fourth-order valence-electron chi connectivity index (χ4n) is 5.27. The number of aliphatic imine (C=N–C) groups is 2. The summed E-state index contributed by atoms with van der Waals surface area (Å²) in [6.45, 7) is 18.5. The van der Waals surface area contributed by atoms with Crippen molar-refractivity contribution in [2.45, 2.75) is 66.3 Å². The summed E-state index contributed by atoms with van der Waals surface area (Å²) in [7, 11) is 0. The topological polar surface area (TPSA) is 40.0 Å². The molecular weight excluding hydrogens is 466 g/mol. The van der Waals surface area contributed by atoms with Crippen molar-refractivity contribution in [1.29, 1.82) is 0 Å². The third-order valence-corrected chi connectivity index (χ3v) is 7.29. The largest absolute Gasteiger partial charge is 0.369 e. The van der Waals surface area contributed by atoms with Crippen LogP contribution in [0.3, 0.4) is 0 Å². The number of nitrogens with zero attached hydrogens (tertiary/aromatic N) is 3. The molecule has 0 radical (unpaired) electrons. The zero-order chi connectivity index (χ0) is 26.9. The molecule has 1 unspecified atom stereocenters. The van der Waals surface area contributed by atoms with Crippen LogP contribution in [-0.4, -0.2) is 48.5 Å². The van der Waals surface area contributed by atoms with Crippen molar-refractivity contribution in [2.75, 3.05) is 26.2 Å². The predicted molar refractivity (Wildman–Crippen MR) is 152 cm³/mol. The number of halogens is 2. The lowest BCUT2D eigenvalue weighted by Crippen LogP contribution is -2.49. The van der Waals surface area contributed by atoms with Crippen LogP contribution < -0.4 is 5.32 Å². The van der Waals surface area contributed by atoms with Gasteiger partial charge in [0.05, 0.1) is 5.71 Å². The van der Waals surface area contributed by atoms with E-state index in [4.69, 9.17) is 9.98 Å². The molecule has 0 aromatic heterocycles. The van der Waals surface area contributed by atoms with Gasteiger partial charge in [-0.1, -0.05) is 31.2 Å². The van der Waals surface area contributed by atoms with Gasteiger partial charge in [-0.2, -0.15) is 0 Å². The van der Waals surface area contributed by atoms with Crippen LogP contribution in [0.5, 0.6) is 0 Å². The van der Waals surface area contributed by atoms with Gasteiger partial charge < -0.3 is 10.2 Å². The number of hydrogen-bond acceptors (Lipinski definition) is 4. The molecule has 2 heterocycles. The van der Waals surface area contributed by atoms with Crippen LogP contribution in [0.2, 0.25) is 0 Å². The quantitative estimate of drug-likeness (QED) is 0.226. The standard InChI is InChI=1S/C31H42F2N4/c1-7-28(31-23(5)21(3)11-10-14-36-31)30(24(6)37-16-15-34-20-22(37)4)29(35-8-2)13-9-12-25-17-26(32)19-27(33)18-25/h7,10,14,17-19,22-23,34H,3,8-9,11-13,15-16,20H2,1-2,4-6H3/b28-7+,30-24+,35-29?/t22-,23?/m0/s1. The van der Waals surface area contributed by atoms with E-state index in [1.807, 2.05) is 13.1 Å². The molecule has 2 aliphatic heterocycles. The highest BCUT2D eigenvalue weighted by Crippen LogP contribution is 2.31. The number of rotatable bonds is 9. The van der Waals surface area contributed by atoms with E-state index in [0.29, 0.717) is 31.0 Å². The Morgan fingerprint density at radius 1 is 1.24 bits per heavy atom. The summed E-state index contributed by atoms with van der Waals surface area (Å²) in [6.07, 6.45) is 8.95. The molecule has 2 aliphatic rings. The van der Waals surface area contributed by atoms with E-state index >= 15 is 0 Å². The highest BCUT2D eigenvalue weighted by atomic mass is 19.1. The Morgan fingerprint density at radius 3 is 2.62 bits per heavy atom. The van der Waals surface area contributed by atoms with Crippen molar-refractivity contribution >= 4 is 11.4 Å². The Labute approximate surface area is 221 Å². The molecule has 1 saturated heterocycles. The zero-order valence-electron chi connectivity index (χ0n) is 23.1. The molecule has 1 aromatic rings. The first-order valence-electron chi connectivity index (χ1n) is 13.5. The normalized spacial score (nSPS) is 22.1. The first-order chi connectivity index (χ1) is 17.8. The van der Waals surface area contributed by atoms with Crippen LogP contribution in [-0.2, 0) is 6.42 Å². The van der Waals surface area contributed by atoms with E-state index in [1.54, 1.807) is 0 Å². The Balaban J connectivity index is 2.03. The number of benzene rings is 1. The van der Waals surface area contributed by atoms with Crippen LogP contribution in [0.4, 0.5) is 8.78 Å². The third kappa shape index (κ3) is 7.35. The Hall–Kier alpha value is -2.86. The first kappa shape index (κ1) is 28.7. The second-order valence-electron chi connectivity index (χ2n) is 9.94. The summed E-state index contributed by atoms with van der Waals surface area (Å²) in [5.74, 6) is -0.958. The number of piperazine rings is 1. The van der Waals surface area contributed by atoms with Gasteiger partial charge in [-0.05, 0) is 71.1 Å². The second kappa shape index (κ2) is 13.6. The molecule has 6 heteroatoms. The SMILES string of the molecule is C=C1CC=CN=C(C(=C/C)/C(C(CCCc2cc(F)cc(F)c2)=NCC)=C(/C)N2CCNC[C@@H]2C)C1C. The maximum Gasteiger partial charge on any atom is 0.126 e. The second-order valence-corrected chi connectivity index (χ2v) is 9.94. The summed E-state index contributed by atoms with van der Waals surface area (Å²) in [4.78, 5) is 12.3. The minimum Gasteiger partial charge on any atom is -0.369 e. The van der Waals surface area contributed by atoms with Crippen LogP contribution in [0.25, 0.3) is 0 Å². The van der Waals surface area contributed by atoms with Crippen molar-refractivity contribution in [2.24, 2.45) is 15.9 Å². The van der Waals surface area contributed by atoms with Crippen LogP contribution in [0.15, 0.2) is 75.5 Å². The molecule has 4 nitrogen and oxygen atoms in total. The van der Waals surface area contributed by atoms with Gasteiger partial charge in [-0.15, -0.1) is 0 Å². The molecule has 0 spiro atoms. The van der Waals surface area contributed by atoms with Crippen LogP contribution >= 0.6 is 0 Å². The Kier molecular flexibility index (Phi) is 10.6. The molecule has 200 valence electrons. The molecule has 1 fully saturated rings. The van der Waals surface area contributed by atoms with E-state index in [-0.39, 0.29) is 5.92 Å². The molecule has 37 heavy (non-hydrogen) atoms. The molecule has 0 aliphatic carbocycles. The summed E-state index contributed by atoms with van der Waals surface area (Å²) in [5.41, 5.74) is 7.24. The monoisotopic (exact) mass is 508 g/mol. The molecular formula is C31H42F2N4. The number of hydrogen-bond donors (Lipinski definition) is 1. The lowest BCUT2D eigenvalue weighted by Gasteiger charge is -2.38. The molecule has 1 aromatic carbocycles. The molecule has 0 bridgehead atoms. The average Bonchev–Trinajstić information content (AvgIpc) is 3.02. The van der Waals surface area contributed by atoms with Crippen molar-refractivity contribution < 1.29 is 8.78 Å². The fourth-order valence-corrected chi connectivity index (χ4v) is 5.27. The van der Waals surface area contributed by atoms with Gasteiger partial charge in [0.15, 0.2) is 0 Å². The maximum atomic E-state index is 13.8. The highest BCUT2D eigenvalue weighted by molar-refractivity contribution is 6.18. The summed E-state index contributed by atoms with van der Waals surface area (Å²) in [5, 5.41) is 3.49. The lowest BCUT2D eigenvalue weighted by molar-refractivity contribution is 0.223. The maximum absolute atomic E-state index is 13.8. The van der Waals surface area contributed by atoms with Gasteiger partial charge in [-0.3, -0.25) is 9.98 Å². The van der Waals surface area contributed by atoms with E-state index in [9.17, 15) is 8.78 Å². The molecule has 1 N–H and O–H groups in total.